The van der Waals surface area contributed by atoms with Crippen molar-refractivity contribution in [3.8, 4) is 0 Å². The molecule has 0 aromatic rings. The Morgan fingerprint density at radius 2 is 2.06 bits per heavy atom. The highest BCUT2D eigenvalue weighted by Gasteiger charge is 2.18. The van der Waals surface area contributed by atoms with E-state index in [1.54, 1.807) is 0 Å². The fraction of sp³-hybridized carbons (Fsp3) is 0.923. The highest BCUT2D eigenvalue weighted by Crippen LogP contribution is 2.21. The van der Waals surface area contributed by atoms with Crippen molar-refractivity contribution in [3.63, 3.8) is 0 Å². The zero-order valence-electron chi connectivity index (χ0n) is 10.9. The van der Waals surface area contributed by atoms with E-state index >= 15 is 0 Å². The molecule has 1 aliphatic rings. The molecule has 17 heavy (non-hydrogen) atoms. The summed E-state index contributed by atoms with van der Waals surface area (Å²) in [5.41, 5.74) is 0. The molecule has 0 saturated heterocycles. The van der Waals surface area contributed by atoms with Crippen molar-refractivity contribution < 1.29 is 4.79 Å². The minimum Gasteiger partial charge on any atom is -0.355 e. The Bertz CT molecular complexity index is 217. The molecule has 0 radical (unpaired) electrons. The fourth-order valence-electron chi connectivity index (χ4n) is 2.37. The zero-order valence-corrected chi connectivity index (χ0v) is 12.5. The number of unbranched alkanes of at least 4 members (excludes halogenated alkanes) is 1. The summed E-state index contributed by atoms with van der Waals surface area (Å²) < 4.78 is 0. The van der Waals surface area contributed by atoms with Crippen molar-refractivity contribution in [1.82, 2.24) is 10.2 Å². The summed E-state index contributed by atoms with van der Waals surface area (Å²) in [5.74, 6) is 0.200. The summed E-state index contributed by atoms with van der Waals surface area (Å²) in [5, 5.41) is 3.99. The van der Waals surface area contributed by atoms with Crippen LogP contribution in [0.2, 0.25) is 0 Å². The van der Waals surface area contributed by atoms with Crippen LogP contribution in [0.1, 0.15) is 44.9 Å². The van der Waals surface area contributed by atoms with Gasteiger partial charge in [-0.25, -0.2) is 0 Å². The Morgan fingerprint density at radius 3 is 2.71 bits per heavy atom. The van der Waals surface area contributed by atoms with E-state index in [4.69, 9.17) is 0 Å². The fourth-order valence-corrected chi connectivity index (χ4v) is 2.76. The van der Waals surface area contributed by atoms with Crippen LogP contribution < -0.4 is 5.32 Å². The molecular formula is C13H25BrN2O. The number of carbonyl (C=O) groups excluding carboxylic acids is 1. The van der Waals surface area contributed by atoms with Crippen LogP contribution in [0.25, 0.3) is 0 Å². The number of carbonyl (C=O) groups is 1. The first kappa shape index (κ1) is 15.0. The third kappa shape index (κ3) is 6.41. The minimum absolute atomic E-state index is 0.200. The lowest BCUT2D eigenvalue weighted by Gasteiger charge is -2.23. The monoisotopic (exact) mass is 304 g/mol. The van der Waals surface area contributed by atoms with Gasteiger partial charge in [-0.15, -0.1) is 0 Å². The van der Waals surface area contributed by atoms with Gasteiger partial charge < -0.3 is 10.2 Å². The lowest BCUT2D eigenvalue weighted by Crippen LogP contribution is -2.37. The van der Waals surface area contributed by atoms with Crippen LogP contribution in [-0.4, -0.2) is 42.3 Å². The number of likely N-dealkylation sites (N-methyl/N-ethyl adjacent to an activating group) is 1. The molecule has 1 N–H and O–H groups in total. The van der Waals surface area contributed by atoms with Crippen molar-refractivity contribution in [3.05, 3.63) is 0 Å². The van der Waals surface area contributed by atoms with Gasteiger partial charge in [0, 0.05) is 30.9 Å². The summed E-state index contributed by atoms with van der Waals surface area (Å²) in [6.07, 6.45) is 8.12. The van der Waals surface area contributed by atoms with E-state index in [1.165, 1.54) is 25.7 Å². The van der Waals surface area contributed by atoms with Gasteiger partial charge in [-0.2, -0.15) is 0 Å². The first-order valence-corrected chi connectivity index (χ1v) is 7.89. The number of halogens is 1. The summed E-state index contributed by atoms with van der Waals surface area (Å²) in [6, 6.07) is 0.750. The van der Waals surface area contributed by atoms with Gasteiger partial charge in [0.25, 0.3) is 0 Å². The Hall–Kier alpha value is -0.0900. The standard InChI is InChI=1S/C13H25BrN2O/c1-16(12-6-2-3-7-12)11-10-15-13(17)8-4-5-9-14/h12H,2-11H2,1H3,(H,15,17). The van der Waals surface area contributed by atoms with Crippen LogP contribution in [0.15, 0.2) is 0 Å². The Kier molecular flexibility index (Phi) is 7.86. The van der Waals surface area contributed by atoms with Gasteiger partial charge in [0.15, 0.2) is 0 Å². The largest absolute Gasteiger partial charge is 0.355 e. The molecule has 1 aliphatic carbocycles. The van der Waals surface area contributed by atoms with E-state index in [-0.39, 0.29) is 5.91 Å². The molecule has 3 nitrogen and oxygen atoms in total. The highest BCUT2D eigenvalue weighted by atomic mass is 79.9. The van der Waals surface area contributed by atoms with Crippen LogP contribution in [0.5, 0.6) is 0 Å². The van der Waals surface area contributed by atoms with Crippen LogP contribution >= 0.6 is 15.9 Å². The molecule has 1 fully saturated rings. The summed E-state index contributed by atoms with van der Waals surface area (Å²) in [7, 11) is 2.17. The number of nitrogens with zero attached hydrogens (tertiary/aromatic N) is 1. The molecule has 1 rings (SSSR count). The molecule has 0 bridgehead atoms. The Labute approximate surface area is 113 Å². The van der Waals surface area contributed by atoms with Gasteiger partial charge in [-0.1, -0.05) is 28.8 Å². The lowest BCUT2D eigenvalue weighted by atomic mass is 10.2. The molecule has 4 heteroatoms. The molecule has 0 spiro atoms. The van der Waals surface area contributed by atoms with Gasteiger partial charge in [-0.3, -0.25) is 4.79 Å². The van der Waals surface area contributed by atoms with Crippen molar-refractivity contribution in [2.75, 3.05) is 25.5 Å². The first-order valence-electron chi connectivity index (χ1n) is 6.77. The first-order chi connectivity index (χ1) is 8.24. The molecule has 1 saturated carbocycles. The Balaban J connectivity index is 2.00. The average molecular weight is 305 g/mol. The molecule has 0 aromatic heterocycles. The number of alkyl halides is 1. The van der Waals surface area contributed by atoms with Crippen molar-refractivity contribution in [2.24, 2.45) is 0 Å². The molecule has 0 unspecified atom stereocenters. The zero-order chi connectivity index (χ0) is 12.5. The molecular weight excluding hydrogens is 280 g/mol. The predicted molar refractivity (Wildman–Crippen MR) is 75.5 cm³/mol. The number of nitrogens with one attached hydrogen (secondary N) is 1. The van der Waals surface area contributed by atoms with Gasteiger partial charge in [0.05, 0.1) is 0 Å². The van der Waals surface area contributed by atoms with E-state index in [0.29, 0.717) is 6.42 Å². The number of hydrogen-bond acceptors (Lipinski definition) is 2. The number of hydrogen-bond donors (Lipinski definition) is 1. The summed E-state index contributed by atoms with van der Waals surface area (Å²) in [4.78, 5) is 13.9. The van der Waals surface area contributed by atoms with Crippen LogP contribution in [0.3, 0.4) is 0 Å². The SMILES string of the molecule is CN(CCNC(=O)CCCCBr)C1CCCC1. The van der Waals surface area contributed by atoms with Crippen LogP contribution in [-0.2, 0) is 4.79 Å². The predicted octanol–water partition coefficient (Wildman–Crippen LogP) is 2.54. The quantitative estimate of drug-likeness (QED) is 0.552. The third-order valence-electron chi connectivity index (χ3n) is 3.52. The normalized spacial score (nSPS) is 16.6. The maximum atomic E-state index is 11.5. The third-order valence-corrected chi connectivity index (χ3v) is 4.08. The second kappa shape index (κ2) is 8.92. The van der Waals surface area contributed by atoms with E-state index < -0.39 is 0 Å². The molecule has 0 heterocycles. The second-order valence-corrected chi connectivity index (χ2v) is 5.71. The van der Waals surface area contributed by atoms with E-state index in [9.17, 15) is 4.79 Å². The Morgan fingerprint density at radius 1 is 1.35 bits per heavy atom. The van der Waals surface area contributed by atoms with Gasteiger partial charge in [0.1, 0.15) is 0 Å². The van der Waals surface area contributed by atoms with Crippen molar-refractivity contribution in [1.29, 1.82) is 0 Å². The molecule has 1 amide bonds. The maximum Gasteiger partial charge on any atom is 0.220 e. The minimum atomic E-state index is 0.200. The van der Waals surface area contributed by atoms with Gasteiger partial charge in [0.2, 0.25) is 5.91 Å². The second-order valence-electron chi connectivity index (χ2n) is 4.91. The molecule has 0 atom stereocenters. The molecule has 100 valence electrons. The van der Waals surface area contributed by atoms with Crippen molar-refractivity contribution in [2.45, 2.75) is 51.0 Å². The average Bonchev–Trinajstić information content (AvgIpc) is 2.82. The van der Waals surface area contributed by atoms with Crippen molar-refractivity contribution >= 4 is 21.8 Å². The van der Waals surface area contributed by atoms with E-state index in [1.807, 2.05) is 0 Å². The lowest BCUT2D eigenvalue weighted by molar-refractivity contribution is -0.121. The number of amides is 1. The van der Waals surface area contributed by atoms with Crippen LogP contribution in [0, 0.1) is 0 Å². The molecule has 0 aliphatic heterocycles. The highest BCUT2D eigenvalue weighted by molar-refractivity contribution is 9.09. The number of rotatable bonds is 8. The van der Waals surface area contributed by atoms with E-state index in [0.717, 1.165) is 37.3 Å². The summed E-state index contributed by atoms with van der Waals surface area (Å²) >= 11 is 3.37. The summed E-state index contributed by atoms with van der Waals surface area (Å²) in [6.45, 7) is 1.77. The van der Waals surface area contributed by atoms with Crippen LogP contribution in [0.4, 0.5) is 0 Å². The topological polar surface area (TPSA) is 32.3 Å². The van der Waals surface area contributed by atoms with Gasteiger partial charge in [-0.05, 0) is 32.7 Å². The van der Waals surface area contributed by atoms with Gasteiger partial charge >= 0.3 is 0 Å². The smallest absolute Gasteiger partial charge is 0.220 e. The molecule has 0 aromatic carbocycles. The van der Waals surface area contributed by atoms with E-state index in [2.05, 4.69) is 33.2 Å². The maximum absolute atomic E-state index is 11.5.